The van der Waals surface area contributed by atoms with Gasteiger partial charge in [-0.15, -0.1) is 0 Å². The predicted octanol–water partition coefficient (Wildman–Crippen LogP) is 4.40. The van der Waals surface area contributed by atoms with E-state index in [9.17, 15) is 24.5 Å². The Bertz CT molecular complexity index is 1310. The molecule has 1 fully saturated rings. The molecule has 1 saturated heterocycles. The lowest BCUT2D eigenvalue weighted by Crippen LogP contribution is -2.54. The van der Waals surface area contributed by atoms with Gasteiger partial charge in [-0.25, -0.2) is 9.69 Å². The van der Waals surface area contributed by atoms with Crippen LogP contribution in [0.5, 0.6) is 5.75 Å². The van der Waals surface area contributed by atoms with E-state index in [-0.39, 0.29) is 17.9 Å². The van der Waals surface area contributed by atoms with E-state index < -0.39 is 22.8 Å². The van der Waals surface area contributed by atoms with E-state index in [1.54, 1.807) is 48.5 Å². The third kappa shape index (κ3) is 5.25. The van der Waals surface area contributed by atoms with Gasteiger partial charge in [0.2, 0.25) is 0 Å². The Morgan fingerprint density at radius 1 is 0.914 bits per heavy atom. The Morgan fingerprint density at radius 3 is 2.14 bits per heavy atom. The van der Waals surface area contributed by atoms with Gasteiger partial charge in [0.1, 0.15) is 17.9 Å². The summed E-state index contributed by atoms with van der Waals surface area (Å²) in [5.41, 5.74) is 2.61. The number of nitro groups is 1. The molecule has 0 radical (unpaired) electrons. The third-order valence-corrected chi connectivity index (χ3v) is 5.45. The number of imide groups is 2. The third-order valence-electron chi connectivity index (χ3n) is 5.45. The van der Waals surface area contributed by atoms with Crippen LogP contribution in [0.3, 0.4) is 0 Å². The molecule has 1 aliphatic heterocycles. The molecule has 1 aliphatic rings. The summed E-state index contributed by atoms with van der Waals surface area (Å²) >= 11 is 0. The quantitative estimate of drug-likeness (QED) is 0.236. The molecular weight excluding hydrogens is 450 g/mol. The molecule has 0 atom stereocenters. The van der Waals surface area contributed by atoms with Crippen LogP contribution in [0.25, 0.3) is 6.08 Å². The molecule has 0 aromatic heterocycles. The summed E-state index contributed by atoms with van der Waals surface area (Å²) in [7, 11) is 0. The van der Waals surface area contributed by atoms with Crippen molar-refractivity contribution in [1.82, 2.24) is 5.32 Å². The molecule has 1 heterocycles. The van der Waals surface area contributed by atoms with Crippen molar-refractivity contribution in [3.63, 3.8) is 0 Å². The van der Waals surface area contributed by atoms with Crippen LogP contribution in [0.4, 0.5) is 16.2 Å². The van der Waals surface area contributed by atoms with Crippen molar-refractivity contribution >= 4 is 35.3 Å². The van der Waals surface area contributed by atoms with Crippen LogP contribution in [0.2, 0.25) is 0 Å². The summed E-state index contributed by atoms with van der Waals surface area (Å²) in [5.74, 6) is -0.931. The second-order valence-electron chi connectivity index (χ2n) is 7.76. The van der Waals surface area contributed by atoms with Gasteiger partial charge in [-0.3, -0.25) is 25.0 Å². The largest absolute Gasteiger partial charge is 0.489 e. The number of benzene rings is 3. The highest BCUT2D eigenvalue weighted by atomic mass is 16.6. The van der Waals surface area contributed by atoms with E-state index in [1.807, 2.05) is 19.1 Å². The molecule has 0 unspecified atom stereocenters. The minimum atomic E-state index is -0.795. The zero-order chi connectivity index (χ0) is 24.9. The van der Waals surface area contributed by atoms with Gasteiger partial charge >= 0.3 is 6.03 Å². The Balaban J connectivity index is 1.47. The number of non-ortho nitro benzene ring substituents is 1. The van der Waals surface area contributed by atoms with Gasteiger partial charge in [0.25, 0.3) is 17.5 Å². The van der Waals surface area contributed by atoms with E-state index in [1.165, 1.54) is 18.2 Å². The summed E-state index contributed by atoms with van der Waals surface area (Å²) in [4.78, 5) is 48.9. The molecule has 3 aromatic carbocycles. The molecule has 4 rings (SSSR count). The van der Waals surface area contributed by atoms with Crippen LogP contribution in [0, 0.1) is 10.1 Å². The predicted molar refractivity (Wildman–Crippen MR) is 129 cm³/mol. The molecule has 0 aliphatic carbocycles. The van der Waals surface area contributed by atoms with Crippen LogP contribution < -0.4 is 15.0 Å². The maximum absolute atomic E-state index is 13.0. The van der Waals surface area contributed by atoms with Crippen molar-refractivity contribution < 1.29 is 24.0 Å². The molecule has 9 heteroatoms. The van der Waals surface area contributed by atoms with E-state index in [2.05, 4.69) is 5.32 Å². The number of nitrogens with zero attached hydrogens (tertiary/aromatic N) is 2. The smallest absolute Gasteiger partial charge is 0.335 e. The minimum Gasteiger partial charge on any atom is -0.489 e. The first kappa shape index (κ1) is 23.4. The van der Waals surface area contributed by atoms with Crippen molar-refractivity contribution in [2.24, 2.45) is 0 Å². The SMILES string of the molecule is CCc1ccc(N2C(=O)NC(=O)C(=Cc3ccc(OCc4ccc([N+](=O)[O-])cc4)cc3)C2=O)cc1. The minimum absolute atomic E-state index is 0.00526. The highest BCUT2D eigenvalue weighted by Gasteiger charge is 2.36. The Labute approximate surface area is 200 Å². The van der Waals surface area contributed by atoms with Crippen molar-refractivity contribution in [2.45, 2.75) is 20.0 Å². The normalized spacial score (nSPS) is 14.7. The Hall–Kier alpha value is -4.79. The monoisotopic (exact) mass is 471 g/mol. The van der Waals surface area contributed by atoms with Gasteiger partial charge in [0.15, 0.2) is 0 Å². The lowest BCUT2D eigenvalue weighted by Gasteiger charge is -2.26. The number of hydrogen-bond acceptors (Lipinski definition) is 6. The van der Waals surface area contributed by atoms with Gasteiger partial charge in [0.05, 0.1) is 10.6 Å². The number of anilines is 1. The number of rotatable bonds is 7. The number of hydrogen-bond donors (Lipinski definition) is 1. The van der Waals surface area contributed by atoms with E-state index in [0.717, 1.165) is 22.4 Å². The second kappa shape index (κ2) is 10.0. The van der Waals surface area contributed by atoms with Crippen molar-refractivity contribution in [3.05, 3.63) is 105 Å². The van der Waals surface area contributed by atoms with Crippen LogP contribution >= 0.6 is 0 Å². The summed E-state index contributed by atoms with van der Waals surface area (Å²) in [6.07, 6.45) is 2.23. The second-order valence-corrected chi connectivity index (χ2v) is 7.76. The maximum atomic E-state index is 13.0. The molecule has 9 nitrogen and oxygen atoms in total. The lowest BCUT2D eigenvalue weighted by atomic mass is 10.1. The topological polar surface area (TPSA) is 119 Å². The fourth-order valence-electron chi connectivity index (χ4n) is 3.48. The number of amides is 4. The van der Waals surface area contributed by atoms with Crippen molar-refractivity contribution in [2.75, 3.05) is 4.90 Å². The number of barbiturate groups is 1. The van der Waals surface area contributed by atoms with Gasteiger partial charge < -0.3 is 4.74 Å². The van der Waals surface area contributed by atoms with E-state index in [4.69, 9.17) is 4.74 Å². The average Bonchev–Trinajstić information content (AvgIpc) is 2.86. The molecule has 0 saturated carbocycles. The number of nitrogens with one attached hydrogen (secondary N) is 1. The zero-order valence-corrected chi connectivity index (χ0v) is 18.8. The lowest BCUT2D eigenvalue weighted by molar-refractivity contribution is -0.384. The van der Waals surface area contributed by atoms with Gasteiger partial charge in [-0.1, -0.05) is 31.2 Å². The maximum Gasteiger partial charge on any atom is 0.335 e. The van der Waals surface area contributed by atoms with Crippen LogP contribution in [-0.2, 0) is 22.6 Å². The number of nitro benzene ring substituents is 1. The molecule has 3 aromatic rings. The number of aryl methyl sites for hydroxylation is 1. The molecular formula is C26H21N3O6. The summed E-state index contributed by atoms with van der Waals surface area (Å²) in [6, 6.07) is 18.9. The fourth-order valence-corrected chi connectivity index (χ4v) is 3.48. The number of ether oxygens (including phenoxy) is 1. The van der Waals surface area contributed by atoms with Gasteiger partial charge in [0, 0.05) is 12.1 Å². The van der Waals surface area contributed by atoms with Crippen LogP contribution in [0.1, 0.15) is 23.6 Å². The van der Waals surface area contributed by atoms with Crippen molar-refractivity contribution in [1.29, 1.82) is 0 Å². The van der Waals surface area contributed by atoms with Gasteiger partial charge in [-0.05, 0) is 65.6 Å². The zero-order valence-electron chi connectivity index (χ0n) is 18.8. The molecule has 0 bridgehead atoms. The van der Waals surface area contributed by atoms with E-state index >= 15 is 0 Å². The van der Waals surface area contributed by atoms with E-state index in [0.29, 0.717) is 17.0 Å². The highest BCUT2D eigenvalue weighted by molar-refractivity contribution is 6.39. The number of carbonyl (C=O) groups is 3. The molecule has 35 heavy (non-hydrogen) atoms. The summed E-state index contributed by atoms with van der Waals surface area (Å²) < 4.78 is 5.70. The fraction of sp³-hybridized carbons (Fsp3) is 0.115. The molecule has 1 N–H and O–H groups in total. The Kier molecular flexibility index (Phi) is 6.68. The Morgan fingerprint density at radius 2 is 1.54 bits per heavy atom. The van der Waals surface area contributed by atoms with Gasteiger partial charge in [-0.2, -0.15) is 0 Å². The van der Waals surface area contributed by atoms with Crippen molar-refractivity contribution in [3.8, 4) is 5.75 Å². The first-order valence-corrected chi connectivity index (χ1v) is 10.8. The summed E-state index contributed by atoms with van der Waals surface area (Å²) in [5, 5.41) is 13.0. The average molecular weight is 471 g/mol. The van der Waals surface area contributed by atoms with Crippen LogP contribution in [-0.4, -0.2) is 22.8 Å². The number of carbonyl (C=O) groups excluding carboxylic acids is 3. The first-order chi connectivity index (χ1) is 16.9. The highest BCUT2D eigenvalue weighted by Crippen LogP contribution is 2.23. The first-order valence-electron chi connectivity index (χ1n) is 10.8. The molecule has 4 amide bonds. The standard InChI is InChI=1S/C26H21N3O6/c1-2-17-3-9-20(10-4-17)28-25(31)23(24(30)27-26(28)32)15-18-7-13-22(14-8-18)35-16-19-5-11-21(12-6-19)29(33)34/h3-15H,2,16H2,1H3,(H,27,30,32). The van der Waals surface area contributed by atoms with Crippen LogP contribution in [0.15, 0.2) is 78.4 Å². The summed E-state index contributed by atoms with van der Waals surface area (Å²) in [6.45, 7) is 2.21. The number of urea groups is 1. The molecule has 0 spiro atoms. The molecule has 176 valence electrons.